The lowest BCUT2D eigenvalue weighted by molar-refractivity contribution is 0.0460. The average molecular weight is 555 g/mol. The third-order valence-electron chi connectivity index (χ3n) is 5.06. The molecule has 1 aromatic carbocycles. The van der Waals surface area contributed by atoms with E-state index in [-0.39, 0.29) is 37.6 Å². The molecule has 1 unspecified atom stereocenters. The van der Waals surface area contributed by atoms with Gasteiger partial charge in [0.15, 0.2) is 5.65 Å². The van der Waals surface area contributed by atoms with Crippen molar-refractivity contribution in [2.24, 2.45) is 5.73 Å². The van der Waals surface area contributed by atoms with E-state index in [1.807, 2.05) is 0 Å². The number of aliphatic hydroxyl groups is 1. The molecule has 0 aliphatic rings. The number of nitrogens with zero attached hydrogens (tertiary/aromatic N) is 3. The Labute approximate surface area is 215 Å². The van der Waals surface area contributed by atoms with E-state index in [9.17, 15) is 18.3 Å². The summed E-state index contributed by atoms with van der Waals surface area (Å²) in [6, 6.07) is 9.39. The molecule has 0 spiro atoms. The van der Waals surface area contributed by atoms with Crippen LogP contribution in [0.4, 0.5) is 4.79 Å². The van der Waals surface area contributed by atoms with Crippen LogP contribution in [0.3, 0.4) is 0 Å². The number of ether oxygens (including phenoxy) is 1. The molecule has 3 aromatic heterocycles. The van der Waals surface area contributed by atoms with Crippen LogP contribution in [-0.4, -0.2) is 39.2 Å². The first-order valence-corrected chi connectivity index (χ1v) is 13.2. The summed E-state index contributed by atoms with van der Waals surface area (Å²) in [5, 5.41) is 12.4. The maximum Gasteiger partial charge on any atom is 0.405 e. The highest BCUT2D eigenvalue weighted by atomic mass is 35.5. The Morgan fingerprint density at radius 3 is 2.63 bits per heavy atom. The van der Waals surface area contributed by atoms with Crippen LogP contribution >= 0.6 is 34.5 Å². The molecule has 1 amide bonds. The van der Waals surface area contributed by atoms with Gasteiger partial charge in [-0.25, -0.2) is 27.2 Å². The van der Waals surface area contributed by atoms with Crippen LogP contribution in [0.1, 0.15) is 35.4 Å². The first-order valence-electron chi connectivity index (χ1n) is 10.2. The van der Waals surface area contributed by atoms with E-state index in [0.717, 1.165) is 15.3 Å². The number of amides is 1. The van der Waals surface area contributed by atoms with Gasteiger partial charge in [0.1, 0.15) is 16.9 Å². The van der Waals surface area contributed by atoms with E-state index in [1.165, 1.54) is 30.6 Å². The molecule has 35 heavy (non-hydrogen) atoms. The number of benzene rings is 1. The molecule has 13 heteroatoms. The van der Waals surface area contributed by atoms with Crippen molar-refractivity contribution in [3.63, 3.8) is 0 Å². The van der Waals surface area contributed by atoms with Crippen LogP contribution in [0, 0.1) is 0 Å². The number of rotatable bonds is 7. The molecule has 4 rings (SSSR count). The van der Waals surface area contributed by atoms with Gasteiger partial charge in [-0.15, -0.1) is 11.3 Å². The number of fused-ring (bicyclic) bond motifs is 1. The van der Waals surface area contributed by atoms with Crippen molar-refractivity contribution in [1.29, 1.82) is 0 Å². The van der Waals surface area contributed by atoms with E-state index < -0.39 is 27.8 Å². The minimum Gasteiger partial charge on any atom is -0.443 e. The number of nitrogens with two attached hydrogens (primary N) is 1. The van der Waals surface area contributed by atoms with Crippen molar-refractivity contribution in [3.8, 4) is 0 Å². The predicted molar refractivity (Wildman–Crippen MR) is 133 cm³/mol. The van der Waals surface area contributed by atoms with Crippen LogP contribution < -0.4 is 5.73 Å². The lowest BCUT2D eigenvalue weighted by atomic mass is 10.1. The standard InChI is InChI=1S/C22H20Cl2N4O5S2/c1-22(2,33-21(25)30)9-16-27-19(24)18(34-16)17(29)15-11-28(20-14(15)8-12(23)10-26-20)35(31,32)13-6-4-3-5-7-13/h3-8,10-11,17,29H,9H2,1-2H3,(H2,25,30). The van der Waals surface area contributed by atoms with Crippen molar-refractivity contribution >= 4 is 61.7 Å². The third-order valence-corrected chi connectivity index (χ3v) is 8.44. The van der Waals surface area contributed by atoms with Crippen molar-refractivity contribution in [2.45, 2.75) is 36.9 Å². The summed E-state index contributed by atoms with van der Waals surface area (Å²) >= 11 is 13.6. The second kappa shape index (κ2) is 9.40. The van der Waals surface area contributed by atoms with E-state index >= 15 is 0 Å². The van der Waals surface area contributed by atoms with E-state index in [0.29, 0.717) is 10.4 Å². The van der Waals surface area contributed by atoms with Crippen LogP contribution in [0.25, 0.3) is 11.0 Å². The van der Waals surface area contributed by atoms with Gasteiger partial charge in [0, 0.05) is 29.8 Å². The van der Waals surface area contributed by atoms with Gasteiger partial charge in [0.25, 0.3) is 10.0 Å². The summed E-state index contributed by atoms with van der Waals surface area (Å²) in [5.74, 6) is 0. The van der Waals surface area contributed by atoms with Gasteiger partial charge in [0.2, 0.25) is 0 Å². The lowest BCUT2D eigenvalue weighted by Crippen LogP contribution is -2.33. The summed E-state index contributed by atoms with van der Waals surface area (Å²) in [6.45, 7) is 3.33. The van der Waals surface area contributed by atoms with Gasteiger partial charge < -0.3 is 15.6 Å². The van der Waals surface area contributed by atoms with Crippen molar-refractivity contribution < 1.29 is 23.1 Å². The van der Waals surface area contributed by atoms with Gasteiger partial charge >= 0.3 is 6.09 Å². The SMILES string of the molecule is CC(C)(Cc1nc(Cl)c(C(O)c2cn(S(=O)(=O)c3ccccc3)c3ncc(Cl)cc23)s1)OC(N)=O. The van der Waals surface area contributed by atoms with Gasteiger partial charge in [-0.1, -0.05) is 41.4 Å². The number of carbonyl (C=O) groups excluding carboxylic acids is 1. The normalized spacial score (nSPS) is 13.2. The van der Waals surface area contributed by atoms with Crippen LogP contribution in [-0.2, 0) is 21.2 Å². The molecule has 1 atom stereocenters. The fourth-order valence-corrected chi connectivity index (χ4v) is 6.66. The number of carbonyl (C=O) groups is 1. The molecule has 0 saturated heterocycles. The number of primary amides is 1. The van der Waals surface area contributed by atoms with Gasteiger partial charge in [-0.05, 0) is 32.0 Å². The highest BCUT2D eigenvalue weighted by Gasteiger charge is 2.30. The number of aromatic nitrogens is 3. The molecule has 0 radical (unpaired) electrons. The lowest BCUT2D eigenvalue weighted by Gasteiger charge is -2.22. The molecule has 3 heterocycles. The summed E-state index contributed by atoms with van der Waals surface area (Å²) in [7, 11) is -4.02. The molecule has 0 fully saturated rings. The van der Waals surface area contributed by atoms with Gasteiger partial charge in [-0.3, -0.25) is 0 Å². The van der Waals surface area contributed by atoms with Crippen LogP contribution in [0.2, 0.25) is 10.2 Å². The molecular formula is C22H20Cl2N4O5S2. The Morgan fingerprint density at radius 2 is 1.97 bits per heavy atom. The zero-order valence-corrected chi connectivity index (χ0v) is 21.6. The van der Waals surface area contributed by atoms with Crippen molar-refractivity contribution in [3.05, 3.63) is 74.4 Å². The van der Waals surface area contributed by atoms with Crippen LogP contribution in [0.15, 0.2) is 53.7 Å². The van der Waals surface area contributed by atoms with Crippen molar-refractivity contribution in [1.82, 2.24) is 13.9 Å². The smallest absolute Gasteiger partial charge is 0.405 e. The molecule has 9 nitrogen and oxygen atoms in total. The minimum atomic E-state index is -4.02. The minimum absolute atomic E-state index is 0.0363. The fraction of sp³-hybridized carbons (Fsp3) is 0.227. The summed E-state index contributed by atoms with van der Waals surface area (Å²) in [6.07, 6.45) is 0.579. The zero-order valence-electron chi connectivity index (χ0n) is 18.5. The quantitative estimate of drug-likeness (QED) is 0.342. The number of aliphatic hydroxyl groups excluding tert-OH is 1. The Kier molecular flexibility index (Phi) is 6.82. The molecule has 0 aliphatic heterocycles. The molecule has 0 aliphatic carbocycles. The third kappa shape index (κ3) is 5.14. The highest BCUT2D eigenvalue weighted by molar-refractivity contribution is 7.90. The predicted octanol–water partition coefficient (Wildman–Crippen LogP) is 4.53. The summed E-state index contributed by atoms with van der Waals surface area (Å²) in [5.41, 5.74) is 4.51. The Hall–Kier alpha value is -2.70. The largest absolute Gasteiger partial charge is 0.443 e. The van der Waals surface area contributed by atoms with Crippen molar-refractivity contribution in [2.75, 3.05) is 0 Å². The van der Waals surface area contributed by atoms with Gasteiger partial charge in [0.05, 0.1) is 19.8 Å². The molecule has 0 bridgehead atoms. The fourth-order valence-electron chi connectivity index (χ4n) is 3.60. The average Bonchev–Trinajstić information content (AvgIpc) is 3.32. The molecular weight excluding hydrogens is 535 g/mol. The monoisotopic (exact) mass is 554 g/mol. The first-order chi connectivity index (χ1) is 16.4. The van der Waals surface area contributed by atoms with E-state index in [1.54, 1.807) is 32.0 Å². The first kappa shape index (κ1) is 25.4. The molecule has 0 saturated carbocycles. The Bertz CT molecular complexity index is 1520. The zero-order chi connectivity index (χ0) is 25.5. The highest BCUT2D eigenvalue weighted by Crippen LogP contribution is 2.39. The number of thiazole rings is 1. The number of hydrogen-bond acceptors (Lipinski definition) is 8. The van der Waals surface area contributed by atoms with E-state index in [4.69, 9.17) is 33.7 Å². The summed E-state index contributed by atoms with van der Waals surface area (Å²) < 4.78 is 32.8. The Balaban J connectivity index is 1.79. The Morgan fingerprint density at radius 1 is 1.29 bits per heavy atom. The molecule has 184 valence electrons. The van der Waals surface area contributed by atoms with E-state index in [2.05, 4.69) is 9.97 Å². The van der Waals surface area contributed by atoms with Gasteiger partial charge in [-0.2, -0.15) is 0 Å². The maximum atomic E-state index is 13.3. The second-order valence-corrected chi connectivity index (χ2v) is 12.0. The number of halogens is 2. The van der Waals surface area contributed by atoms with Crippen LogP contribution in [0.5, 0.6) is 0 Å². The summed E-state index contributed by atoms with van der Waals surface area (Å²) in [4.78, 5) is 20.0. The molecule has 4 aromatic rings. The molecule has 3 N–H and O–H groups in total. The maximum absolute atomic E-state index is 13.3. The number of pyridine rings is 1. The topological polar surface area (TPSA) is 137 Å². The number of hydrogen-bond donors (Lipinski definition) is 2. The second-order valence-electron chi connectivity index (χ2n) is 8.25.